The number of carbonyl (C=O) groups excluding carboxylic acids is 3. The van der Waals surface area contributed by atoms with Crippen LogP contribution in [0.25, 0.3) is 0 Å². The molecule has 1 amide bonds. The van der Waals surface area contributed by atoms with Gasteiger partial charge in [-0.2, -0.15) is 0 Å². The van der Waals surface area contributed by atoms with Gasteiger partial charge in [-0.05, 0) is 44.5 Å². The number of carbonyl (C=O) groups is 3. The van der Waals surface area contributed by atoms with E-state index in [4.69, 9.17) is 9.47 Å². The van der Waals surface area contributed by atoms with Gasteiger partial charge in [-0.15, -0.1) is 0 Å². The normalized spacial score (nSPS) is 11.5. The second-order valence-corrected chi connectivity index (χ2v) is 5.60. The fraction of sp³-hybridized carbons (Fsp3) is 0.278. The molecule has 0 radical (unpaired) electrons. The number of rotatable bonds is 6. The van der Waals surface area contributed by atoms with E-state index in [1.807, 2.05) is 13.0 Å². The van der Waals surface area contributed by atoms with Gasteiger partial charge in [0.1, 0.15) is 11.4 Å². The van der Waals surface area contributed by atoms with Crippen LogP contribution < -0.4 is 10.1 Å². The summed E-state index contributed by atoms with van der Waals surface area (Å²) in [6.07, 6.45) is 0.392. The van der Waals surface area contributed by atoms with Crippen LogP contribution in [-0.2, 0) is 9.53 Å². The fourth-order valence-corrected chi connectivity index (χ4v) is 2.15. The first kappa shape index (κ1) is 18.3. The average Bonchev–Trinajstić information content (AvgIpc) is 3.05. The summed E-state index contributed by atoms with van der Waals surface area (Å²) in [6.45, 7) is 4.74. The molecule has 2 rings (SSSR count). The molecule has 0 bridgehead atoms. The lowest BCUT2D eigenvalue weighted by molar-refractivity contribution is -0.123. The minimum Gasteiger partial charge on any atom is -0.495 e. The highest BCUT2D eigenvalue weighted by molar-refractivity contribution is 5.99. The van der Waals surface area contributed by atoms with Crippen LogP contribution >= 0.6 is 0 Å². The van der Waals surface area contributed by atoms with Crippen molar-refractivity contribution in [2.75, 3.05) is 12.4 Å². The second-order valence-electron chi connectivity index (χ2n) is 5.60. The highest BCUT2D eigenvalue weighted by Gasteiger charge is 2.21. The van der Waals surface area contributed by atoms with Gasteiger partial charge in [0.25, 0.3) is 5.91 Å². The first-order chi connectivity index (χ1) is 11.8. The number of esters is 1. The van der Waals surface area contributed by atoms with Crippen molar-refractivity contribution in [1.82, 2.24) is 4.98 Å². The number of hydrogen-bond acceptors (Lipinski definition) is 5. The maximum absolute atomic E-state index is 12.3. The van der Waals surface area contributed by atoms with E-state index >= 15 is 0 Å². The van der Waals surface area contributed by atoms with Crippen LogP contribution in [0.5, 0.6) is 5.75 Å². The Labute approximate surface area is 145 Å². The van der Waals surface area contributed by atoms with E-state index in [1.54, 1.807) is 12.1 Å². The molecule has 0 saturated heterocycles. The van der Waals surface area contributed by atoms with Crippen molar-refractivity contribution in [3.63, 3.8) is 0 Å². The van der Waals surface area contributed by atoms with E-state index < -0.39 is 18.0 Å². The fourth-order valence-electron chi connectivity index (χ4n) is 2.15. The molecule has 7 nitrogen and oxygen atoms in total. The van der Waals surface area contributed by atoms with Gasteiger partial charge in [0, 0.05) is 11.8 Å². The third-order valence-corrected chi connectivity index (χ3v) is 3.58. The molecule has 0 saturated carbocycles. The lowest BCUT2D eigenvalue weighted by Crippen LogP contribution is -2.30. The summed E-state index contributed by atoms with van der Waals surface area (Å²) >= 11 is 0. The number of ketones is 1. The Morgan fingerprint density at radius 1 is 1.20 bits per heavy atom. The Bertz CT molecular complexity index is 810. The number of amides is 1. The molecule has 0 fully saturated rings. The number of H-pyrrole nitrogens is 1. The number of anilines is 1. The van der Waals surface area contributed by atoms with Crippen LogP contribution in [0, 0.1) is 6.92 Å². The van der Waals surface area contributed by atoms with E-state index in [0.29, 0.717) is 17.0 Å². The first-order valence-electron chi connectivity index (χ1n) is 7.67. The molecule has 0 aliphatic heterocycles. The zero-order valence-electron chi connectivity index (χ0n) is 14.5. The maximum atomic E-state index is 12.3. The minimum atomic E-state index is -1.03. The summed E-state index contributed by atoms with van der Waals surface area (Å²) in [5.74, 6) is -0.873. The van der Waals surface area contributed by atoms with Crippen molar-refractivity contribution in [1.29, 1.82) is 0 Å². The number of Topliss-reactive ketones (excluding diaryl/α,β-unsaturated/α-hetero) is 1. The van der Waals surface area contributed by atoms with Crippen LogP contribution in [0.2, 0.25) is 0 Å². The molecule has 1 unspecified atom stereocenters. The van der Waals surface area contributed by atoms with Gasteiger partial charge in [-0.3, -0.25) is 9.59 Å². The summed E-state index contributed by atoms with van der Waals surface area (Å²) in [5, 5.41) is 2.68. The van der Waals surface area contributed by atoms with Gasteiger partial charge < -0.3 is 19.8 Å². The minimum absolute atomic E-state index is 0.109. The molecule has 132 valence electrons. The molecule has 0 spiro atoms. The Morgan fingerprint density at radius 2 is 1.92 bits per heavy atom. The van der Waals surface area contributed by atoms with Crippen LogP contribution in [0.15, 0.2) is 30.5 Å². The summed E-state index contributed by atoms with van der Waals surface area (Å²) in [7, 11) is 1.50. The summed E-state index contributed by atoms with van der Waals surface area (Å²) in [5.41, 5.74) is 1.92. The Morgan fingerprint density at radius 3 is 2.52 bits per heavy atom. The van der Waals surface area contributed by atoms with Gasteiger partial charge in [0.05, 0.1) is 12.8 Å². The van der Waals surface area contributed by atoms with Gasteiger partial charge in [0.2, 0.25) is 0 Å². The van der Waals surface area contributed by atoms with Crippen molar-refractivity contribution in [3.05, 3.63) is 47.3 Å². The van der Waals surface area contributed by atoms with Gasteiger partial charge in [-0.1, -0.05) is 6.07 Å². The molecule has 0 aliphatic carbocycles. The predicted molar refractivity (Wildman–Crippen MR) is 92.0 cm³/mol. The van der Waals surface area contributed by atoms with E-state index in [9.17, 15) is 14.4 Å². The lowest BCUT2D eigenvalue weighted by atomic mass is 10.2. The van der Waals surface area contributed by atoms with Crippen molar-refractivity contribution in [2.24, 2.45) is 0 Å². The third-order valence-electron chi connectivity index (χ3n) is 3.58. The Kier molecular flexibility index (Phi) is 5.59. The Balaban J connectivity index is 2.03. The monoisotopic (exact) mass is 344 g/mol. The van der Waals surface area contributed by atoms with Crippen LogP contribution in [-0.4, -0.2) is 35.9 Å². The topological polar surface area (TPSA) is 97.5 Å². The van der Waals surface area contributed by atoms with E-state index in [-0.39, 0.29) is 11.5 Å². The molecule has 1 atom stereocenters. The average molecular weight is 344 g/mol. The number of ether oxygens (including phenoxy) is 2. The van der Waals surface area contributed by atoms with E-state index in [0.717, 1.165) is 5.56 Å². The summed E-state index contributed by atoms with van der Waals surface area (Å²) in [6, 6.07) is 6.74. The summed E-state index contributed by atoms with van der Waals surface area (Å²) in [4.78, 5) is 38.2. The molecule has 2 N–H and O–H groups in total. The molecule has 7 heteroatoms. The Hall–Kier alpha value is -3.09. The van der Waals surface area contributed by atoms with Crippen molar-refractivity contribution in [2.45, 2.75) is 26.9 Å². The summed E-state index contributed by atoms with van der Waals surface area (Å²) < 4.78 is 10.3. The number of methoxy groups -OCH3 is 1. The van der Waals surface area contributed by atoms with Gasteiger partial charge in [0.15, 0.2) is 11.9 Å². The van der Waals surface area contributed by atoms with E-state index in [1.165, 1.54) is 33.2 Å². The number of nitrogens with one attached hydrogen (secondary N) is 2. The number of hydrogen-bond donors (Lipinski definition) is 2. The molecule has 1 aromatic carbocycles. The van der Waals surface area contributed by atoms with E-state index in [2.05, 4.69) is 10.3 Å². The molecule has 0 aliphatic rings. The molecular formula is C18H20N2O5. The maximum Gasteiger partial charge on any atom is 0.355 e. The second kappa shape index (κ2) is 7.65. The number of aromatic nitrogens is 1. The van der Waals surface area contributed by atoms with Crippen molar-refractivity contribution < 1.29 is 23.9 Å². The molecule has 2 aromatic rings. The lowest BCUT2D eigenvalue weighted by Gasteiger charge is -2.15. The van der Waals surface area contributed by atoms with Crippen LogP contribution in [0.3, 0.4) is 0 Å². The first-order valence-corrected chi connectivity index (χ1v) is 7.67. The molecule has 1 heterocycles. The van der Waals surface area contributed by atoms with Crippen LogP contribution in [0.4, 0.5) is 5.69 Å². The van der Waals surface area contributed by atoms with Gasteiger partial charge in [-0.25, -0.2) is 4.79 Å². The van der Waals surface area contributed by atoms with Crippen molar-refractivity contribution >= 4 is 23.3 Å². The largest absolute Gasteiger partial charge is 0.495 e. The number of aryl methyl sites for hydroxylation is 1. The zero-order chi connectivity index (χ0) is 18.6. The highest BCUT2D eigenvalue weighted by atomic mass is 16.5. The quantitative estimate of drug-likeness (QED) is 0.620. The van der Waals surface area contributed by atoms with Crippen LogP contribution in [0.1, 0.15) is 40.3 Å². The molecular weight excluding hydrogens is 324 g/mol. The smallest absolute Gasteiger partial charge is 0.355 e. The third kappa shape index (κ3) is 4.47. The predicted octanol–water partition coefficient (Wildman–Crippen LogP) is 2.72. The molecule has 1 aromatic heterocycles. The van der Waals surface area contributed by atoms with Crippen molar-refractivity contribution in [3.8, 4) is 5.75 Å². The number of aromatic amines is 1. The standard InChI is InChI=1S/C18H20N2O5/c1-10-5-6-16(24-4)14(7-10)20-17(22)12(3)25-18(23)15-8-13(9-19-15)11(2)21/h5-9,12,19H,1-4H3,(H,20,22). The number of benzene rings is 1. The molecule has 25 heavy (non-hydrogen) atoms. The SMILES string of the molecule is COc1ccc(C)cc1NC(=O)C(C)OC(=O)c1cc(C(C)=O)c[nH]1. The van der Waals surface area contributed by atoms with Gasteiger partial charge >= 0.3 is 5.97 Å². The zero-order valence-corrected chi connectivity index (χ0v) is 14.5. The highest BCUT2D eigenvalue weighted by Crippen LogP contribution is 2.25.